The van der Waals surface area contributed by atoms with Crippen LogP contribution < -0.4 is 11.1 Å². The quantitative estimate of drug-likeness (QED) is 0.835. The van der Waals surface area contributed by atoms with Crippen LogP contribution in [-0.2, 0) is 4.79 Å². The summed E-state index contributed by atoms with van der Waals surface area (Å²) in [6, 6.07) is 2.60. The van der Waals surface area contributed by atoms with E-state index in [1.807, 2.05) is 0 Å². The fourth-order valence-corrected chi connectivity index (χ4v) is 1.51. The zero-order chi connectivity index (χ0) is 13.2. The van der Waals surface area contributed by atoms with Crippen molar-refractivity contribution in [3.8, 4) is 0 Å². The van der Waals surface area contributed by atoms with Gasteiger partial charge in [-0.2, -0.15) is 0 Å². The lowest BCUT2D eigenvalue weighted by Gasteiger charge is -2.21. The Morgan fingerprint density at radius 1 is 1.41 bits per heavy atom. The van der Waals surface area contributed by atoms with Crippen molar-refractivity contribution < 1.29 is 9.18 Å². The number of carbonyl (C=O) groups is 1. The molecule has 1 rings (SSSR count). The molecule has 94 valence electrons. The summed E-state index contributed by atoms with van der Waals surface area (Å²) in [4.78, 5) is 11.8. The minimum atomic E-state index is -0.715. The highest BCUT2D eigenvalue weighted by molar-refractivity contribution is 6.35. The highest BCUT2D eigenvalue weighted by Crippen LogP contribution is 2.28. The van der Waals surface area contributed by atoms with Gasteiger partial charge in [0.25, 0.3) is 0 Å². The Morgan fingerprint density at radius 2 is 1.88 bits per heavy atom. The zero-order valence-corrected chi connectivity index (χ0v) is 11.0. The van der Waals surface area contributed by atoms with E-state index in [-0.39, 0.29) is 22.5 Å². The summed E-state index contributed by atoms with van der Waals surface area (Å²) < 4.78 is 13.2. The van der Waals surface area contributed by atoms with Gasteiger partial charge < -0.3 is 11.1 Å². The molecule has 0 spiro atoms. The highest BCUT2D eigenvalue weighted by atomic mass is 35.5. The number of rotatable bonds is 3. The fraction of sp³-hybridized carbons (Fsp3) is 0.364. The molecule has 0 aliphatic rings. The Balaban J connectivity index is 2.94. The molecule has 1 amide bonds. The van der Waals surface area contributed by atoms with E-state index in [1.54, 1.807) is 13.8 Å². The smallest absolute Gasteiger partial charge is 0.231 e. The Labute approximate surface area is 109 Å². The van der Waals surface area contributed by atoms with Gasteiger partial charge in [-0.1, -0.05) is 23.2 Å². The number of nitrogens with two attached hydrogens (primary N) is 1. The molecule has 0 bridgehead atoms. The van der Waals surface area contributed by atoms with E-state index in [4.69, 9.17) is 28.9 Å². The first kappa shape index (κ1) is 14.2. The second-order valence-corrected chi connectivity index (χ2v) is 5.11. The van der Waals surface area contributed by atoms with E-state index in [0.717, 1.165) is 0 Å². The number of nitrogens with one attached hydrogen (secondary N) is 1. The van der Waals surface area contributed by atoms with E-state index in [0.29, 0.717) is 5.69 Å². The number of hydrogen-bond acceptors (Lipinski definition) is 2. The van der Waals surface area contributed by atoms with Gasteiger partial charge in [-0.15, -0.1) is 0 Å². The summed E-state index contributed by atoms with van der Waals surface area (Å²) in [7, 11) is 0. The monoisotopic (exact) mass is 278 g/mol. The molecule has 1 aromatic carbocycles. The van der Waals surface area contributed by atoms with Gasteiger partial charge in [0.05, 0.1) is 15.5 Å². The molecule has 0 atom stereocenters. The van der Waals surface area contributed by atoms with Crippen LogP contribution in [0, 0.1) is 11.2 Å². The van der Waals surface area contributed by atoms with Gasteiger partial charge in [-0.25, -0.2) is 4.39 Å². The second-order valence-electron chi connectivity index (χ2n) is 4.30. The number of hydrogen-bond donors (Lipinski definition) is 2. The maximum atomic E-state index is 13.2. The minimum Gasteiger partial charge on any atom is -0.329 e. The van der Waals surface area contributed by atoms with Crippen molar-refractivity contribution in [1.29, 1.82) is 0 Å². The van der Waals surface area contributed by atoms with Crippen molar-refractivity contribution in [2.45, 2.75) is 13.8 Å². The molecule has 0 aromatic heterocycles. The Bertz CT molecular complexity index is 426. The van der Waals surface area contributed by atoms with Gasteiger partial charge in [-0.05, 0) is 26.0 Å². The van der Waals surface area contributed by atoms with Gasteiger partial charge in [0, 0.05) is 12.2 Å². The van der Waals surface area contributed by atoms with Crippen molar-refractivity contribution in [2.24, 2.45) is 11.1 Å². The molecule has 0 saturated heterocycles. The molecule has 3 N–H and O–H groups in total. The van der Waals surface area contributed by atoms with Crippen LogP contribution in [0.1, 0.15) is 13.8 Å². The van der Waals surface area contributed by atoms with Gasteiger partial charge >= 0.3 is 0 Å². The van der Waals surface area contributed by atoms with Crippen LogP contribution in [0.25, 0.3) is 0 Å². The molecule has 3 nitrogen and oxygen atoms in total. The summed E-state index contributed by atoms with van der Waals surface area (Å²) >= 11 is 11.2. The van der Waals surface area contributed by atoms with Gasteiger partial charge in [0.2, 0.25) is 5.91 Å². The topological polar surface area (TPSA) is 55.1 Å². The molecule has 0 fully saturated rings. The van der Waals surface area contributed by atoms with Crippen LogP contribution in [0.4, 0.5) is 10.1 Å². The molecule has 0 unspecified atom stereocenters. The number of anilines is 1. The van der Waals surface area contributed by atoms with Crippen molar-refractivity contribution in [3.05, 3.63) is 28.0 Å². The van der Waals surface area contributed by atoms with Gasteiger partial charge in [0.1, 0.15) is 0 Å². The van der Waals surface area contributed by atoms with Crippen LogP contribution in [0.3, 0.4) is 0 Å². The number of benzene rings is 1. The molecule has 0 saturated carbocycles. The molecular weight excluding hydrogens is 266 g/mol. The summed E-state index contributed by atoms with van der Waals surface area (Å²) in [6.07, 6.45) is 0. The fourth-order valence-electron chi connectivity index (χ4n) is 1.02. The maximum absolute atomic E-state index is 13.2. The molecule has 0 heterocycles. The minimum absolute atomic E-state index is 0.140. The Morgan fingerprint density at radius 3 is 2.29 bits per heavy atom. The third-order valence-corrected chi connectivity index (χ3v) is 2.92. The second kappa shape index (κ2) is 5.21. The molecule has 17 heavy (non-hydrogen) atoms. The number of amides is 1. The average molecular weight is 279 g/mol. The van der Waals surface area contributed by atoms with Crippen LogP contribution in [0.5, 0.6) is 0 Å². The third-order valence-electron chi connectivity index (χ3n) is 2.37. The summed E-state index contributed by atoms with van der Waals surface area (Å²) in [5, 5.41) is 2.31. The predicted molar refractivity (Wildman–Crippen MR) is 67.9 cm³/mol. The lowest BCUT2D eigenvalue weighted by molar-refractivity contribution is -0.123. The zero-order valence-electron chi connectivity index (χ0n) is 9.48. The first-order valence-electron chi connectivity index (χ1n) is 4.94. The Kier molecular flexibility index (Phi) is 4.36. The molecular formula is C11H13Cl2FN2O. The van der Waals surface area contributed by atoms with Crippen LogP contribution in [0.2, 0.25) is 10.0 Å². The van der Waals surface area contributed by atoms with Crippen molar-refractivity contribution in [1.82, 2.24) is 0 Å². The van der Waals surface area contributed by atoms with Crippen LogP contribution in [-0.4, -0.2) is 12.5 Å². The van der Waals surface area contributed by atoms with E-state index >= 15 is 0 Å². The van der Waals surface area contributed by atoms with Gasteiger partial charge in [0.15, 0.2) is 5.82 Å². The van der Waals surface area contributed by atoms with Crippen molar-refractivity contribution >= 4 is 34.8 Å². The van der Waals surface area contributed by atoms with Crippen molar-refractivity contribution in [3.63, 3.8) is 0 Å². The number of carbonyl (C=O) groups excluding carboxylic acids is 1. The van der Waals surface area contributed by atoms with Gasteiger partial charge in [-0.3, -0.25) is 4.79 Å². The summed E-state index contributed by atoms with van der Waals surface area (Å²) in [5.74, 6) is -0.983. The third kappa shape index (κ3) is 3.31. The lowest BCUT2D eigenvalue weighted by Crippen LogP contribution is -2.37. The number of halogens is 3. The molecule has 1 aromatic rings. The molecule has 6 heteroatoms. The van der Waals surface area contributed by atoms with E-state index in [2.05, 4.69) is 5.32 Å². The lowest BCUT2D eigenvalue weighted by atomic mass is 9.92. The molecule has 0 aliphatic carbocycles. The van der Waals surface area contributed by atoms with Crippen LogP contribution >= 0.6 is 23.2 Å². The summed E-state index contributed by atoms with van der Waals surface area (Å²) in [5.41, 5.74) is 5.10. The van der Waals surface area contributed by atoms with E-state index in [1.165, 1.54) is 12.1 Å². The summed E-state index contributed by atoms with van der Waals surface area (Å²) in [6.45, 7) is 3.60. The Hall–Kier alpha value is -0.840. The normalized spacial score (nSPS) is 11.4. The van der Waals surface area contributed by atoms with Crippen molar-refractivity contribution in [2.75, 3.05) is 11.9 Å². The maximum Gasteiger partial charge on any atom is 0.231 e. The first-order chi connectivity index (χ1) is 7.77. The highest BCUT2D eigenvalue weighted by Gasteiger charge is 2.26. The predicted octanol–water partition coefficient (Wildman–Crippen LogP) is 3.06. The van der Waals surface area contributed by atoms with E-state index < -0.39 is 11.2 Å². The van der Waals surface area contributed by atoms with E-state index in [9.17, 15) is 9.18 Å². The molecule has 0 radical (unpaired) electrons. The average Bonchev–Trinajstić information content (AvgIpc) is 2.25. The molecule has 0 aliphatic heterocycles. The van der Waals surface area contributed by atoms with Crippen LogP contribution in [0.15, 0.2) is 12.1 Å². The standard InChI is InChI=1S/C11H13Cl2FN2O/c1-11(2,5-15)10(17)16-6-3-7(12)9(14)8(13)4-6/h3-4H,5,15H2,1-2H3,(H,16,17). The largest absolute Gasteiger partial charge is 0.329 e. The SMILES string of the molecule is CC(C)(CN)C(=O)Nc1cc(Cl)c(F)c(Cl)c1. The first-order valence-corrected chi connectivity index (χ1v) is 5.69.